The Morgan fingerprint density at radius 3 is 2.63 bits per heavy atom. The SMILES string of the molecule is COc1ccc(C(CNC(=O)c2cccc(-n3cnnn3)c2)N(C)C)cc1. The predicted molar refractivity (Wildman–Crippen MR) is 101 cm³/mol. The third-order valence-corrected chi connectivity index (χ3v) is 4.30. The first-order valence-corrected chi connectivity index (χ1v) is 8.50. The standard InChI is InChI=1S/C19H22N6O2/c1-24(2)18(14-7-9-17(27-3)10-8-14)12-20-19(26)15-5-4-6-16(11-15)25-13-21-22-23-25/h4-11,13,18H,12H2,1-3H3,(H,20,26). The third-order valence-electron chi connectivity index (χ3n) is 4.30. The van der Waals surface area contributed by atoms with Crippen molar-refractivity contribution in [2.24, 2.45) is 0 Å². The minimum Gasteiger partial charge on any atom is -0.497 e. The van der Waals surface area contributed by atoms with Crippen LogP contribution in [0.2, 0.25) is 0 Å². The van der Waals surface area contributed by atoms with Gasteiger partial charge in [-0.1, -0.05) is 18.2 Å². The molecule has 0 bridgehead atoms. The van der Waals surface area contributed by atoms with Gasteiger partial charge in [-0.3, -0.25) is 4.79 Å². The van der Waals surface area contributed by atoms with E-state index < -0.39 is 0 Å². The summed E-state index contributed by atoms with van der Waals surface area (Å²) in [5.74, 6) is 0.657. The molecule has 27 heavy (non-hydrogen) atoms. The third kappa shape index (κ3) is 4.48. The molecule has 1 amide bonds. The van der Waals surface area contributed by atoms with Crippen molar-refractivity contribution in [3.05, 3.63) is 66.0 Å². The van der Waals surface area contributed by atoms with Crippen molar-refractivity contribution in [1.82, 2.24) is 30.4 Å². The maximum Gasteiger partial charge on any atom is 0.251 e. The molecule has 8 nitrogen and oxygen atoms in total. The summed E-state index contributed by atoms with van der Waals surface area (Å²) in [4.78, 5) is 14.7. The van der Waals surface area contributed by atoms with Gasteiger partial charge in [0.05, 0.1) is 18.8 Å². The number of carbonyl (C=O) groups excluding carboxylic acids is 1. The van der Waals surface area contributed by atoms with Gasteiger partial charge in [0, 0.05) is 12.1 Å². The monoisotopic (exact) mass is 366 g/mol. The molecule has 0 spiro atoms. The molecule has 3 aromatic rings. The Morgan fingerprint density at radius 2 is 2.00 bits per heavy atom. The van der Waals surface area contributed by atoms with E-state index in [4.69, 9.17) is 4.74 Å². The molecule has 3 rings (SSSR count). The lowest BCUT2D eigenvalue weighted by Crippen LogP contribution is -2.34. The number of ether oxygens (including phenoxy) is 1. The first-order chi connectivity index (χ1) is 13.1. The molecule has 1 heterocycles. The number of benzene rings is 2. The summed E-state index contributed by atoms with van der Waals surface area (Å²) >= 11 is 0. The zero-order valence-electron chi connectivity index (χ0n) is 15.5. The molecule has 8 heteroatoms. The van der Waals surface area contributed by atoms with E-state index in [-0.39, 0.29) is 11.9 Å². The number of hydrogen-bond donors (Lipinski definition) is 1. The van der Waals surface area contributed by atoms with Crippen LogP contribution >= 0.6 is 0 Å². The van der Waals surface area contributed by atoms with Crippen LogP contribution in [0.4, 0.5) is 0 Å². The molecule has 140 valence electrons. The summed E-state index contributed by atoms with van der Waals surface area (Å²) in [5.41, 5.74) is 2.38. The van der Waals surface area contributed by atoms with Gasteiger partial charge in [-0.05, 0) is 60.4 Å². The number of tetrazole rings is 1. The number of nitrogens with zero attached hydrogens (tertiary/aromatic N) is 5. The van der Waals surface area contributed by atoms with Crippen molar-refractivity contribution in [3.63, 3.8) is 0 Å². The maximum atomic E-state index is 12.6. The van der Waals surface area contributed by atoms with Gasteiger partial charge in [0.1, 0.15) is 12.1 Å². The summed E-state index contributed by atoms with van der Waals surface area (Å²) < 4.78 is 6.72. The highest BCUT2D eigenvalue weighted by atomic mass is 16.5. The largest absolute Gasteiger partial charge is 0.497 e. The summed E-state index contributed by atoms with van der Waals surface area (Å²) in [6.45, 7) is 0.479. The topological polar surface area (TPSA) is 85.2 Å². The number of nitrogens with one attached hydrogen (secondary N) is 1. The average molecular weight is 366 g/mol. The van der Waals surface area contributed by atoms with E-state index in [9.17, 15) is 4.79 Å². The maximum absolute atomic E-state index is 12.6. The molecule has 2 aromatic carbocycles. The second kappa shape index (κ2) is 8.41. The molecule has 0 aliphatic rings. The first kappa shape index (κ1) is 18.5. The van der Waals surface area contributed by atoms with E-state index in [1.807, 2.05) is 44.4 Å². The number of amides is 1. The normalized spacial score (nSPS) is 12.0. The molecule has 1 unspecified atom stereocenters. The Bertz CT molecular complexity index is 877. The Labute approximate surface area is 157 Å². The van der Waals surface area contributed by atoms with Crippen LogP contribution in [-0.4, -0.2) is 58.8 Å². The fraction of sp³-hybridized carbons (Fsp3) is 0.263. The summed E-state index contributed by atoms with van der Waals surface area (Å²) in [6, 6.07) is 15.1. The highest BCUT2D eigenvalue weighted by Crippen LogP contribution is 2.21. The van der Waals surface area contributed by atoms with Crippen molar-refractivity contribution >= 4 is 5.91 Å². The average Bonchev–Trinajstić information content (AvgIpc) is 3.23. The van der Waals surface area contributed by atoms with Crippen LogP contribution in [0.25, 0.3) is 5.69 Å². The molecule has 0 radical (unpaired) electrons. The lowest BCUT2D eigenvalue weighted by molar-refractivity contribution is 0.0942. The molecular formula is C19H22N6O2. The fourth-order valence-corrected chi connectivity index (χ4v) is 2.79. The molecule has 0 saturated carbocycles. The van der Waals surface area contributed by atoms with Crippen molar-refractivity contribution in [2.75, 3.05) is 27.7 Å². The number of aromatic nitrogens is 4. The van der Waals surface area contributed by atoms with Crippen LogP contribution in [0.3, 0.4) is 0 Å². The van der Waals surface area contributed by atoms with Crippen LogP contribution in [0, 0.1) is 0 Å². The lowest BCUT2D eigenvalue weighted by atomic mass is 10.1. The Morgan fingerprint density at radius 1 is 1.22 bits per heavy atom. The predicted octanol–water partition coefficient (Wildman–Crippen LogP) is 1.70. The lowest BCUT2D eigenvalue weighted by Gasteiger charge is -2.25. The van der Waals surface area contributed by atoms with Gasteiger partial charge in [-0.25, -0.2) is 4.68 Å². The van der Waals surface area contributed by atoms with Gasteiger partial charge in [0.15, 0.2) is 0 Å². The number of carbonyl (C=O) groups is 1. The minimum absolute atomic E-state index is 0.0440. The van der Waals surface area contributed by atoms with Crippen molar-refractivity contribution in [2.45, 2.75) is 6.04 Å². The summed E-state index contributed by atoms with van der Waals surface area (Å²) in [7, 11) is 5.61. The fourth-order valence-electron chi connectivity index (χ4n) is 2.79. The van der Waals surface area contributed by atoms with Crippen molar-refractivity contribution in [3.8, 4) is 11.4 Å². The van der Waals surface area contributed by atoms with Gasteiger partial charge in [0.25, 0.3) is 5.91 Å². The van der Waals surface area contributed by atoms with Gasteiger partial charge in [0.2, 0.25) is 0 Å². The molecule has 1 aromatic heterocycles. The first-order valence-electron chi connectivity index (χ1n) is 8.50. The van der Waals surface area contributed by atoms with E-state index in [0.29, 0.717) is 12.1 Å². The van der Waals surface area contributed by atoms with Gasteiger partial charge >= 0.3 is 0 Å². The molecule has 1 atom stereocenters. The second-order valence-electron chi connectivity index (χ2n) is 6.27. The summed E-state index contributed by atoms with van der Waals surface area (Å²) in [5, 5.41) is 14.1. The van der Waals surface area contributed by atoms with Crippen molar-refractivity contribution < 1.29 is 9.53 Å². The van der Waals surface area contributed by atoms with Crippen LogP contribution in [-0.2, 0) is 0 Å². The van der Waals surface area contributed by atoms with Gasteiger partial charge in [-0.15, -0.1) is 5.10 Å². The molecule has 0 saturated heterocycles. The molecule has 1 N–H and O–H groups in total. The number of rotatable bonds is 7. The Hall–Kier alpha value is -3.26. The van der Waals surface area contributed by atoms with E-state index in [2.05, 4.69) is 25.7 Å². The quantitative estimate of drug-likeness (QED) is 0.685. The highest BCUT2D eigenvalue weighted by Gasteiger charge is 2.16. The molecule has 0 aliphatic carbocycles. The number of methoxy groups -OCH3 is 1. The van der Waals surface area contributed by atoms with Crippen LogP contribution in [0.15, 0.2) is 54.9 Å². The molecule has 0 aliphatic heterocycles. The number of likely N-dealkylation sites (N-methyl/N-ethyl adjacent to an activating group) is 1. The van der Waals surface area contributed by atoms with Crippen molar-refractivity contribution in [1.29, 1.82) is 0 Å². The van der Waals surface area contributed by atoms with E-state index in [0.717, 1.165) is 17.0 Å². The van der Waals surface area contributed by atoms with Crippen LogP contribution in [0.1, 0.15) is 22.0 Å². The number of hydrogen-bond acceptors (Lipinski definition) is 6. The van der Waals surface area contributed by atoms with E-state index in [1.54, 1.807) is 25.3 Å². The smallest absolute Gasteiger partial charge is 0.251 e. The minimum atomic E-state index is -0.148. The van der Waals surface area contributed by atoms with Crippen LogP contribution in [0.5, 0.6) is 5.75 Å². The van der Waals surface area contributed by atoms with Crippen LogP contribution < -0.4 is 10.1 Å². The Balaban J connectivity index is 1.70. The highest BCUT2D eigenvalue weighted by molar-refractivity contribution is 5.94. The molecular weight excluding hydrogens is 344 g/mol. The van der Waals surface area contributed by atoms with E-state index >= 15 is 0 Å². The van der Waals surface area contributed by atoms with Gasteiger partial charge in [-0.2, -0.15) is 0 Å². The molecule has 0 fully saturated rings. The summed E-state index contributed by atoms with van der Waals surface area (Å²) in [6.07, 6.45) is 1.49. The van der Waals surface area contributed by atoms with E-state index in [1.165, 1.54) is 11.0 Å². The zero-order valence-corrected chi connectivity index (χ0v) is 15.5. The van der Waals surface area contributed by atoms with Gasteiger partial charge < -0.3 is 15.0 Å². The second-order valence-corrected chi connectivity index (χ2v) is 6.27. The Kier molecular flexibility index (Phi) is 5.77. The zero-order chi connectivity index (χ0) is 19.2.